The summed E-state index contributed by atoms with van der Waals surface area (Å²) in [5, 5.41) is 3.42. The molecule has 3 aromatic carbocycles. The van der Waals surface area contributed by atoms with Crippen LogP contribution in [0.3, 0.4) is 0 Å². The molecular formula is C23H23BrFNO2. The molecule has 0 amide bonds. The van der Waals surface area contributed by atoms with Crippen molar-refractivity contribution in [3.63, 3.8) is 0 Å². The molecule has 0 aromatic heterocycles. The first-order valence-corrected chi connectivity index (χ1v) is 9.94. The van der Waals surface area contributed by atoms with E-state index in [-0.39, 0.29) is 12.4 Å². The number of methoxy groups -OCH3 is 1. The summed E-state index contributed by atoms with van der Waals surface area (Å²) in [5.41, 5.74) is 4.20. The molecule has 0 aliphatic heterocycles. The van der Waals surface area contributed by atoms with Gasteiger partial charge in [0, 0.05) is 12.2 Å². The molecule has 0 spiro atoms. The Morgan fingerprint density at radius 3 is 2.43 bits per heavy atom. The van der Waals surface area contributed by atoms with Crippen molar-refractivity contribution in [2.24, 2.45) is 0 Å². The van der Waals surface area contributed by atoms with E-state index in [9.17, 15) is 4.39 Å². The van der Waals surface area contributed by atoms with Crippen LogP contribution in [0.2, 0.25) is 0 Å². The SMILES string of the molecule is CCc1ccc(NCc2cc(Br)c(OCc3cccc(F)c3)c(OC)c2)cc1. The van der Waals surface area contributed by atoms with Gasteiger partial charge in [-0.15, -0.1) is 0 Å². The first-order chi connectivity index (χ1) is 13.6. The van der Waals surface area contributed by atoms with Crippen LogP contribution in [0.15, 0.2) is 65.1 Å². The molecule has 0 fully saturated rings. The van der Waals surface area contributed by atoms with Crippen LogP contribution < -0.4 is 14.8 Å². The molecule has 0 unspecified atom stereocenters. The predicted molar refractivity (Wildman–Crippen MR) is 115 cm³/mol. The standard InChI is InChI=1S/C23H23BrFNO2/c1-3-16-7-9-20(10-8-16)26-14-18-12-21(24)23(22(13-18)27-2)28-15-17-5-4-6-19(25)11-17/h4-13,26H,3,14-15H2,1-2H3. The zero-order valence-corrected chi connectivity index (χ0v) is 17.6. The Morgan fingerprint density at radius 2 is 1.75 bits per heavy atom. The smallest absolute Gasteiger partial charge is 0.175 e. The van der Waals surface area contributed by atoms with Crippen LogP contribution in [0.5, 0.6) is 11.5 Å². The number of ether oxygens (including phenoxy) is 2. The van der Waals surface area contributed by atoms with Crippen LogP contribution >= 0.6 is 15.9 Å². The average Bonchev–Trinajstić information content (AvgIpc) is 2.71. The monoisotopic (exact) mass is 443 g/mol. The van der Waals surface area contributed by atoms with Gasteiger partial charge < -0.3 is 14.8 Å². The van der Waals surface area contributed by atoms with Crippen LogP contribution in [0.1, 0.15) is 23.6 Å². The zero-order chi connectivity index (χ0) is 19.9. The van der Waals surface area contributed by atoms with Crippen LogP contribution in [0.25, 0.3) is 0 Å². The van der Waals surface area contributed by atoms with E-state index >= 15 is 0 Å². The molecule has 0 aliphatic carbocycles. The highest BCUT2D eigenvalue weighted by Crippen LogP contribution is 2.37. The van der Waals surface area contributed by atoms with Crippen molar-refractivity contribution in [3.05, 3.63) is 87.6 Å². The molecule has 0 aliphatic rings. The molecule has 1 N–H and O–H groups in total. The summed E-state index contributed by atoms with van der Waals surface area (Å²) in [7, 11) is 1.61. The number of anilines is 1. The molecule has 3 aromatic rings. The van der Waals surface area contributed by atoms with Crippen LogP contribution in [0.4, 0.5) is 10.1 Å². The van der Waals surface area contributed by atoms with E-state index in [1.54, 1.807) is 13.2 Å². The lowest BCUT2D eigenvalue weighted by Gasteiger charge is -2.15. The Bertz CT molecular complexity index is 928. The summed E-state index contributed by atoms with van der Waals surface area (Å²) in [6.07, 6.45) is 1.03. The quantitative estimate of drug-likeness (QED) is 0.439. The van der Waals surface area contributed by atoms with Gasteiger partial charge in [0.05, 0.1) is 11.6 Å². The van der Waals surface area contributed by atoms with Gasteiger partial charge in [0.1, 0.15) is 12.4 Å². The highest BCUT2D eigenvalue weighted by molar-refractivity contribution is 9.10. The minimum absolute atomic E-state index is 0.258. The fourth-order valence-corrected chi connectivity index (χ4v) is 3.46. The van der Waals surface area contributed by atoms with Crippen molar-refractivity contribution in [1.29, 1.82) is 0 Å². The number of halogens is 2. The maximum Gasteiger partial charge on any atom is 0.175 e. The second kappa shape index (κ2) is 9.60. The fraction of sp³-hybridized carbons (Fsp3) is 0.217. The predicted octanol–water partition coefficient (Wildman–Crippen LogP) is 6.35. The second-order valence-corrected chi connectivity index (χ2v) is 7.29. The summed E-state index contributed by atoms with van der Waals surface area (Å²) in [4.78, 5) is 0. The molecule has 0 bridgehead atoms. The number of nitrogens with one attached hydrogen (secondary N) is 1. The van der Waals surface area contributed by atoms with Gasteiger partial charge in [0.2, 0.25) is 0 Å². The largest absolute Gasteiger partial charge is 0.493 e. The molecule has 0 heterocycles. The first kappa shape index (κ1) is 20.2. The summed E-state index contributed by atoms with van der Waals surface area (Å²) >= 11 is 3.57. The van der Waals surface area contributed by atoms with E-state index in [1.165, 1.54) is 17.7 Å². The van der Waals surface area contributed by atoms with Gasteiger partial charge >= 0.3 is 0 Å². The fourth-order valence-electron chi connectivity index (χ4n) is 2.86. The van der Waals surface area contributed by atoms with Crippen molar-refractivity contribution in [2.75, 3.05) is 12.4 Å². The molecule has 3 nitrogen and oxygen atoms in total. The van der Waals surface area contributed by atoms with Gasteiger partial charge in [0.15, 0.2) is 11.5 Å². The first-order valence-electron chi connectivity index (χ1n) is 9.15. The lowest BCUT2D eigenvalue weighted by atomic mass is 10.1. The highest BCUT2D eigenvalue weighted by atomic mass is 79.9. The third-order valence-electron chi connectivity index (χ3n) is 4.42. The topological polar surface area (TPSA) is 30.5 Å². The van der Waals surface area contributed by atoms with E-state index < -0.39 is 0 Å². The van der Waals surface area contributed by atoms with Crippen molar-refractivity contribution < 1.29 is 13.9 Å². The third kappa shape index (κ3) is 5.26. The van der Waals surface area contributed by atoms with Crippen molar-refractivity contribution in [1.82, 2.24) is 0 Å². The zero-order valence-electron chi connectivity index (χ0n) is 16.0. The van der Waals surface area contributed by atoms with Crippen molar-refractivity contribution in [3.8, 4) is 11.5 Å². The third-order valence-corrected chi connectivity index (χ3v) is 5.01. The van der Waals surface area contributed by atoms with E-state index in [4.69, 9.17) is 9.47 Å². The lowest BCUT2D eigenvalue weighted by molar-refractivity contribution is 0.282. The van der Waals surface area contributed by atoms with Crippen molar-refractivity contribution in [2.45, 2.75) is 26.5 Å². The number of aryl methyl sites for hydroxylation is 1. The summed E-state index contributed by atoms with van der Waals surface area (Å²) in [6, 6.07) is 18.7. The Morgan fingerprint density at radius 1 is 0.964 bits per heavy atom. The van der Waals surface area contributed by atoms with Gasteiger partial charge in [-0.3, -0.25) is 0 Å². The molecule has 0 radical (unpaired) electrons. The van der Waals surface area contributed by atoms with Crippen LogP contribution in [-0.4, -0.2) is 7.11 Å². The molecule has 28 heavy (non-hydrogen) atoms. The number of hydrogen-bond acceptors (Lipinski definition) is 3. The second-order valence-electron chi connectivity index (χ2n) is 6.43. The van der Waals surface area contributed by atoms with Crippen LogP contribution in [0, 0.1) is 5.82 Å². The van der Waals surface area contributed by atoms with Gasteiger partial charge in [-0.25, -0.2) is 4.39 Å². The molecule has 0 saturated carbocycles. The minimum Gasteiger partial charge on any atom is -0.493 e. The molecule has 146 valence electrons. The van der Waals surface area contributed by atoms with E-state index in [1.807, 2.05) is 18.2 Å². The Hall–Kier alpha value is -2.53. The van der Waals surface area contributed by atoms with Gasteiger partial charge in [-0.05, 0) is 75.4 Å². The number of benzene rings is 3. The number of rotatable bonds is 8. The summed E-state index contributed by atoms with van der Waals surface area (Å²) in [6.45, 7) is 3.06. The van der Waals surface area contributed by atoms with Crippen molar-refractivity contribution >= 4 is 21.6 Å². The van der Waals surface area contributed by atoms with E-state index in [0.717, 1.165) is 27.7 Å². The van der Waals surface area contributed by atoms with E-state index in [0.29, 0.717) is 18.0 Å². The highest BCUT2D eigenvalue weighted by Gasteiger charge is 2.12. The minimum atomic E-state index is -0.277. The van der Waals surface area contributed by atoms with E-state index in [2.05, 4.69) is 52.4 Å². The molecule has 0 atom stereocenters. The van der Waals surface area contributed by atoms with Gasteiger partial charge in [-0.1, -0.05) is 31.2 Å². The average molecular weight is 444 g/mol. The molecule has 0 saturated heterocycles. The Kier molecular flexibility index (Phi) is 6.93. The maximum absolute atomic E-state index is 13.3. The van der Waals surface area contributed by atoms with Gasteiger partial charge in [-0.2, -0.15) is 0 Å². The van der Waals surface area contributed by atoms with Crippen LogP contribution in [-0.2, 0) is 19.6 Å². The molecule has 3 rings (SSSR count). The number of hydrogen-bond donors (Lipinski definition) is 1. The lowest BCUT2D eigenvalue weighted by Crippen LogP contribution is -2.03. The molecular weight excluding hydrogens is 421 g/mol. The summed E-state index contributed by atoms with van der Waals surface area (Å²) in [5.74, 6) is 0.951. The maximum atomic E-state index is 13.3. The van der Waals surface area contributed by atoms with Gasteiger partial charge in [0.25, 0.3) is 0 Å². The Labute approximate surface area is 173 Å². The Balaban J connectivity index is 1.69. The normalized spacial score (nSPS) is 10.6. The summed E-state index contributed by atoms with van der Waals surface area (Å²) < 4.78 is 25.5. The molecule has 5 heteroatoms.